The number of hydrogen-bond donors (Lipinski definition) is 0. The van der Waals surface area contributed by atoms with Gasteiger partial charge in [-0.3, -0.25) is 4.79 Å². The Morgan fingerprint density at radius 1 is 1.04 bits per heavy atom. The first-order valence-electron chi connectivity index (χ1n) is 7.51. The molecule has 0 saturated heterocycles. The minimum absolute atomic E-state index is 0.103. The van der Waals surface area contributed by atoms with Gasteiger partial charge in [0.1, 0.15) is 0 Å². The maximum atomic E-state index is 12.7. The third-order valence-corrected chi connectivity index (χ3v) is 5.85. The van der Waals surface area contributed by atoms with Crippen LogP contribution in [-0.2, 0) is 6.54 Å². The van der Waals surface area contributed by atoms with Gasteiger partial charge in [0, 0.05) is 50.2 Å². The van der Waals surface area contributed by atoms with Crippen LogP contribution in [0, 0.1) is 0 Å². The van der Waals surface area contributed by atoms with Crippen molar-refractivity contribution in [3.8, 4) is 0 Å². The number of aromatic nitrogens is 2. The lowest BCUT2D eigenvalue weighted by molar-refractivity contribution is 0.108. The van der Waals surface area contributed by atoms with E-state index in [1.807, 2.05) is 10.8 Å². The van der Waals surface area contributed by atoms with Gasteiger partial charge in [0.05, 0.1) is 11.6 Å². The molecule has 1 atom stereocenters. The molecule has 134 valence electrons. The van der Waals surface area contributed by atoms with Gasteiger partial charge < -0.3 is 4.57 Å². The van der Waals surface area contributed by atoms with Crippen LogP contribution >= 0.6 is 58.2 Å². The van der Waals surface area contributed by atoms with Crippen LogP contribution in [0.4, 0.5) is 0 Å². The third-order valence-electron chi connectivity index (χ3n) is 3.63. The number of hydrogen-bond acceptors (Lipinski definition) is 3. The van der Waals surface area contributed by atoms with E-state index in [1.54, 1.807) is 48.9 Å². The normalized spacial score (nSPS) is 12.2. The molecule has 0 radical (unpaired) electrons. The third kappa shape index (κ3) is 4.76. The summed E-state index contributed by atoms with van der Waals surface area (Å²) in [6, 6.07) is 10.00. The van der Waals surface area contributed by atoms with Crippen molar-refractivity contribution in [1.29, 1.82) is 0 Å². The van der Waals surface area contributed by atoms with Gasteiger partial charge >= 0.3 is 0 Å². The quantitative estimate of drug-likeness (QED) is 0.432. The largest absolute Gasteiger partial charge is 0.336 e. The second-order valence-corrected chi connectivity index (χ2v) is 8.31. The van der Waals surface area contributed by atoms with Gasteiger partial charge in [0.2, 0.25) is 5.12 Å². The first kappa shape index (κ1) is 19.6. The number of halogens is 4. The molecular weight excluding hydrogens is 434 g/mol. The zero-order valence-corrected chi connectivity index (χ0v) is 17.0. The Labute approximate surface area is 175 Å². The number of carbonyl (C=O) groups is 1. The molecule has 0 bridgehead atoms. The molecule has 1 aromatic heterocycles. The van der Waals surface area contributed by atoms with Crippen molar-refractivity contribution in [2.45, 2.75) is 11.8 Å². The van der Waals surface area contributed by atoms with Crippen LogP contribution in [-0.4, -0.2) is 14.7 Å². The molecule has 1 unspecified atom stereocenters. The smallest absolute Gasteiger partial charge is 0.220 e. The fourth-order valence-corrected chi connectivity index (χ4v) is 4.90. The van der Waals surface area contributed by atoms with E-state index in [9.17, 15) is 4.79 Å². The van der Waals surface area contributed by atoms with Gasteiger partial charge in [-0.2, -0.15) is 0 Å². The summed E-state index contributed by atoms with van der Waals surface area (Å²) < 4.78 is 1.87. The topological polar surface area (TPSA) is 34.9 Å². The van der Waals surface area contributed by atoms with Crippen LogP contribution in [0.15, 0.2) is 55.1 Å². The summed E-state index contributed by atoms with van der Waals surface area (Å²) >= 11 is 25.8. The van der Waals surface area contributed by atoms with Crippen LogP contribution in [0.2, 0.25) is 20.1 Å². The van der Waals surface area contributed by atoms with Crippen LogP contribution in [0.25, 0.3) is 0 Å². The summed E-state index contributed by atoms with van der Waals surface area (Å²) in [6.45, 7) is 0.477. The number of benzene rings is 2. The van der Waals surface area contributed by atoms with Gasteiger partial charge in [-0.15, -0.1) is 0 Å². The molecule has 0 spiro atoms. The van der Waals surface area contributed by atoms with Gasteiger partial charge in [0.15, 0.2) is 0 Å². The molecule has 0 aliphatic carbocycles. The zero-order valence-electron chi connectivity index (χ0n) is 13.2. The lowest BCUT2D eigenvalue weighted by Crippen LogP contribution is -2.09. The highest BCUT2D eigenvalue weighted by molar-refractivity contribution is 8.14. The van der Waals surface area contributed by atoms with E-state index in [0.717, 1.165) is 11.8 Å². The Bertz CT molecular complexity index is 890. The molecule has 26 heavy (non-hydrogen) atoms. The first-order valence-corrected chi connectivity index (χ1v) is 9.90. The van der Waals surface area contributed by atoms with E-state index < -0.39 is 0 Å². The number of imidazole rings is 1. The molecule has 1 heterocycles. The molecule has 8 heteroatoms. The van der Waals surface area contributed by atoms with E-state index in [0.29, 0.717) is 37.8 Å². The minimum Gasteiger partial charge on any atom is -0.336 e. The van der Waals surface area contributed by atoms with Crippen LogP contribution in [0.1, 0.15) is 21.2 Å². The van der Waals surface area contributed by atoms with E-state index in [2.05, 4.69) is 4.98 Å². The first-order chi connectivity index (χ1) is 12.4. The number of thioether (sulfide) groups is 1. The highest BCUT2D eigenvalue weighted by atomic mass is 35.5. The van der Waals surface area contributed by atoms with Crippen molar-refractivity contribution in [3.63, 3.8) is 0 Å². The Morgan fingerprint density at radius 3 is 2.27 bits per heavy atom. The number of carbonyl (C=O) groups excluding carboxylic acids is 1. The molecule has 0 saturated carbocycles. The molecule has 3 aromatic rings. The number of nitrogens with zero attached hydrogens (tertiary/aromatic N) is 2. The average molecular weight is 446 g/mol. The molecule has 0 fully saturated rings. The highest BCUT2D eigenvalue weighted by Crippen LogP contribution is 2.42. The molecule has 0 aliphatic rings. The molecular formula is C18H12Cl4N2OS. The standard InChI is InChI=1S/C18H12Cl4N2OS/c19-12-3-1-11(2-4-12)18(25)26-16(9-24-6-5-23-10-24)17-14(21)7-13(20)8-15(17)22/h1-8,10,16H,9H2. The van der Waals surface area contributed by atoms with Crippen LogP contribution in [0.5, 0.6) is 0 Å². The van der Waals surface area contributed by atoms with E-state index in [4.69, 9.17) is 46.4 Å². The summed E-state index contributed by atoms with van der Waals surface area (Å²) in [5.74, 6) is 0. The predicted molar refractivity (Wildman–Crippen MR) is 110 cm³/mol. The molecule has 3 rings (SSSR count). The molecule has 3 nitrogen and oxygen atoms in total. The maximum absolute atomic E-state index is 12.7. The Balaban J connectivity index is 1.93. The lowest BCUT2D eigenvalue weighted by Gasteiger charge is -2.20. The fourth-order valence-electron chi connectivity index (χ4n) is 2.42. The van der Waals surface area contributed by atoms with Crippen LogP contribution in [0.3, 0.4) is 0 Å². The van der Waals surface area contributed by atoms with Gasteiger partial charge in [0.25, 0.3) is 0 Å². The van der Waals surface area contributed by atoms with Crippen molar-refractivity contribution in [2.75, 3.05) is 0 Å². The Kier molecular flexibility index (Phi) is 6.54. The summed E-state index contributed by atoms with van der Waals surface area (Å²) in [5, 5.41) is 1.44. The van der Waals surface area contributed by atoms with Crippen molar-refractivity contribution in [1.82, 2.24) is 9.55 Å². The summed E-state index contributed by atoms with van der Waals surface area (Å²) in [6.07, 6.45) is 5.17. The Hall–Kier alpha value is -1.17. The molecule has 2 aromatic carbocycles. The lowest BCUT2D eigenvalue weighted by atomic mass is 10.1. The molecule has 0 N–H and O–H groups in total. The van der Waals surface area contributed by atoms with Crippen LogP contribution < -0.4 is 0 Å². The van der Waals surface area contributed by atoms with E-state index in [-0.39, 0.29) is 10.4 Å². The summed E-state index contributed by atoms with van der Waals surface area (Å²) in [4.78, 5) is 16.8. The van der Waals surface area contributed by atoms with Crippen molar-refractivity contribution in [3.05, 3.63) is 86.3 Å². The predicted octanol–water partition coefficient (Wildman–Crippen LogP) is 6.81. The number of rotatable bonds is 5. The second-order valence-electron chi connectivity index (χ2n) is 5.44. The summed E-state index contributed by atoms with van der Waals surface area (Å²) in [5.41, 5.74) is 1.22. The minimum atomic E-state index is -0.315. The zero-order chi connectivity index (χ0) is 18.7. The van der Waals surface area contributed by atoms with Crippen molar-refractivity contribution in [2.24, 2.45) is 0 Å². The van der Waals surface area contributed by atoms with E-state index >= 15 is 0 Å². The van der Waals surface area contributed by atoms with Gasteiger partial charge in [-0.25, -0.2) is 4.98 Å². The highest BCUT2D eigenvalue weighted by Gasteiger charge is 2.24. The van der Waals surface area contributed by atoms with Gasteiger partial charge in [-0.1, -0.05) is 58.2 Å². The SMILES string of the molecule is O=C(SC(Cn1ccnc1)c1c(Cl)cc(Cl)cc1Cl)c1ccc(Cl)cc1. The second kappa shape index (κ2) is 8.68. The van der Waals surface area contributed by atoms with Gasteiger partial charge in [-0.05, 0) is 36.4 Å². The maximum Gasteiger partial charge on any atom is 0.220 e. The summed E-state index contributed by atoms with van der Waals surface area (Å²) in [7, 11) is 0. The fraction of sp³-hybridized carbons (Fsp3) is 0.111. The van der Waals surface area contributed by atoms with E-state index in [1.165, 1.54) is 0 Å². The molecule has 0 amide bonds. The monoisotopic (exact) mass is 444 g/mol. The van der Waals surface area contributed by atoms with Crippen molar-refractivity contribution < 1.29 is 4.79 Å². The Morgan fingerprint density at radius 2 is 1.69 bits per heavy atom. The van der Waals surface area contributed by atoms with Crippen molar-refractivity contribution >= 4 is 63.3 Å². The average Bonchev–Trinajstić information content (AvgIpc) is 3.07. The molecule has 0 aliphatic heterocycles.